The Morgan fingerprint density at radius 1 is 1.25 bits per heavy atom. The molecule has 0 aliphatic carbocycles. The maximum atomic E-state index is 11.4. The molecule has 3 rings (SSSR count). The van der Waals surface area contributed by atoms with E-state index in [-0.39, 0.29) is 5.91 Å². The molecule has 1 aromatic carbocycles. The number of nitrogens with one attached hydrogen (secondary N) is 1. The van der Waals surface area contributed by atoms with Gasteiger partial charge in [0.1, 0.15) is 12.4 Å². The van der Waals surface area contributed by atoms with E-state index in [2.05, 4.69) is 10.2 Å². The number of anilines is 2. The molecule has 3 N–H and O–H groups in total. The molecular weight excluding hydrogens is 254 g/mol. The van der Waals surface area contributed by atoms with Gasteiger partial charge in [0.15, 0.2) is 0 Å². The van der Waals surface area contributed by atoms with Crippen molar-refractivity contribution in [2.75, 3.05) is 37.3 Å². The highest BCUT2D eigenvalue weighted by Gasteiger charge is 2.17. The van der Waals surface area contributed by atoms with E-state index in [4.69, 9.17) is 10.5 Å². The lowest BCUT2D eigenvalue weighted by Crippen LogP contribution is -2.25. The lowest BCUT2D eigenvalue weighted by molar-refractivity contribution is -0.116. The first kappa shape index (κ1) is 13.2. The number of hydrogen-bond donors (Lipinski definition) is 2. The predicted molar refractivity (Wildman–Crippen MR) is 79.0 cm³/mol. The fraction of sp³-hybridized carbons (Fsp3) is 0.533. The number of fused-ring (bicyclic) bond motifs is 1. The molecule has 2 aliphatic heterocycles. The van der Waals surface area contributed by atoms with E-state index < -0.39 is 0 Å². The number of benzene rings is 1. The number of nitrogens with two attached hydrogens (primary N) is 1. The number of likely N-dealkylation sites (tertiary alicyclic amines) is 1. The summed E-state index contributed by atoms with van der Waals surface area (Å²) in [4.78, 5) is 13.8. The molecule has 0 bridgehead atoms. The Hall–Kier alpha value is -1.75. The van der Waals surface area contributed by atoms with Crippen LogP contribution in [0.25, 0.3) is 0 Å². The maximum absolute atomic E-state index is 11.4. The molecule has 20 heavy (non-hydrogen) atoms. The van der Waals surface area contributed by atoms with Gasteiger partial charge in [-0.1, -0.05) is 0 Å². The van der Waals surface area contributed by atoms with Crippen LogP contribution in [0.2, 0.25) is 0 Å². The third-order valence-corrected chi connectivity index (χ3v) is 3.99. The van der Waals surface area contributed by atoms with E-state index in [0.29, 0.717) is 18.7 Å². The molecule has 0 saturated carbocycles. The molecule has 5 heteroatoms. The van der Waals surface area contributed by atoms with Crippen LogP contribution in [0, 0.1) is 0 Å². The molecule has 0 unspecified atom stereocenters. The molecule has 1 saturated heterocycles. The van der Waals surface area contributed by atoms with Crippen molar-refractivity contribution in [1.29, 1.82) is 0 Å². The Morgan fingerprint density at radius 3 is 2.85 bits per heavy atom. The lowest BCUT2D eigenvalue weighted by Gasteiger charge is -2.20. The van der Waals surface area contributed by atoms with E-state index in [9.17, 15) is 4.79 Å². The fourth-order valence-electron chi connectivity index (χ4n) is 2.84. The third-order valence-electron chi connectivity index (χ3n) is 3.99. The summed E-state index contributed by atoms with van der Waals surface area (Å²) in [7, 11) is 0. The maximum Gasteiger partial charge on any atom is 0.224 e. The number of aryl methyl sites for hydroxylation is 1. The van der Waals surface area contributed by atoms with Crippen molar-refractivity contribution < 1.29 is 9.53 Å². The molecule has 1 fully saturated rings. The van der Waals surface area contributed by atoms with Crippen molar-refractivity contribution in [3.8, 4) is 5.75 Å². The van der Waals surface area contributed by atoms with Gasteiger partial charge in [-0.3, -0.25) is 9.69 Å². The van der Waals surface area contributed by atoms with E-state index in [0.717, 1.165) is 30.0 Å². The molecule has 2 aliphatic rings. The van der Waals surface area contributed by atoms with Gasteiger partial charge in [-0.05, 0) is 50.0 Å². The van der Waals surface area contributed by atoms with Crippen molar-refractivity contribution >= 4 is 17.3 Å². The first-order valence-electron chi connectivity index (χ1n) is 7.30. The summed E-state index contributed by atoms with van der Waals surface area (Å²) >= 11 is 0. The van der Waals surface area contributed by atoms with Crippen molar-refractivity contribution in [1.82, 2.24) is 4.90 Å². The normalized spacial score (nSPS) is 18.7. The smallest absolute Gasteiger partial charge is 0.224 e. The lowest BCUT2D eigenvalue weighted by atomic mass is 10.0. The second kappa shape index (κ2) is 5.71. The summed E-state index contributed by atoms with van der Waals surface area (Å²) in [6.07, 6.45) is 3.87. The Bertz CT molecular complexity index is 510. The van der Waals surface area contributed by atoms with Crippen LogP contribution in [0.1, 0.15) is 24.8 Å². The van der Waals surface area contributed by atoms with Gasteiger partial charge >= 0.3 is 0 Å². The SMILES string of the molecule is Nc1cc2c(cc1OCCN1CCCC1)CCC(=O)N2. The quantitative estimate of drug-likeness (QED) is 0.820. The highest BCUT2D eigenvalue weighted by Crippen LogP contribution is 2.32. The van der Waals surface area contributed by atoms with Gasteiger partial charge in [0.25, 0.3) is 0 Å². The zero-order valence-electron chi connectivity index (χ0n) is 11.7. The molecular formula is C15H21N3O2. The van der Waals surface area contributed by atoms with Crippen LogP contribution >= 0.6 is 0 Å². The van der Waals surface area contributed by atoms with Crippen molar-refractivity contribution in [2.24, 2.45) is 0 Å². The van der Waals surface area contributed by atoms with E-state index in [1.54, 1.807) is 6.07 Å². The summed E-state index contributed by atoms with van der Waals surface area (Å²) in [5.41, 5.74) is 8.52. The van der Waals surface area contributed by atoms with Crippen LogP contribution in [-0.4, -0.2) is 37.0 Å². The molecule has 1 amide bonds. The molecule has 1 aromatic rings. The van der Waals surface area contributed by atoms with Gasteiger partial charge < -0.3 is 15.8 Å². The first-order chi connectivity index (χ1) is 9.72. The fourth-order valence-corrected chi connectivity index (χ4v) is 2.84. The number of rotatable bonds is 4. The van der Waals surface area contributed by atoms with Crippen LogP contribution in [0.15, 0.2) is 12.1 Å². The van der Waals surface area contributed by atoms with Gasteiger partial charge in [0, 0.05) is 18.7 Å². The monoisotopic (exact) mass is 275 g/mol. The molecule has 108 valence electrons. The zero-order valence-corrected chi connectivity index (χ0v) is 11.7. The molecule has 5 nitrogen and oxygen atoms in total. The van der Waals surface area contributed by atoms with Crippen LogP contribution in [0.5, 0.6) is 5.75 Å². The van der Waals surface area contributed by atoms with Gasteiger partial charge in [0.2, 0.25) is 5.91 Å². The summed E-state index contributed by atoms with van der Waals surface area (Å²) in [6, 6.07) is 3.77. The second-order valence-corrected chi connectivity index (χ2v) is 5.49. The minimum atomic E-state index is 0.0552. The summed E-state index contributed by atoms with van der Waals surface area (Å²) < 4.78 is 5.81. The number of nitrogen functional groups attached to an aromatic ring is 1. The zero-order chi connectivity index (χ0) is 13.9. The highest BCUT2D eigenvalue weighted by molar-refractivity contribution is 5.94. The number of amides is 1. The molecule has 0 radical (unpaired) electrons. The second-order valence-electron chi connectivity index (χ2n) is 5.49. The summed E-state index contributed by atoms with van der Waals surface area (Å²) in [5.74, 6) is 0.790. The van der Waals surface area contributed by atoms with Crippen LogP contribution in [-0.2, 0) is 11.2 Å². The number of ether oxygens (including phenoxy) is 1. The molecule has 0 spiro atoms. The Kier molecular flexibility index (Phi) is 3.78. The van der Waals surface area contributed by atoms with Gasteiger partial charge in [0.05, 0.1) is 5.69 Å². The number of carbonyl (C=O) groups excluding carboxylic acids is 1. The van der Waals surface area contributed by atoms with Crippen LogP contribution < -0.4 is 15.8 Å². The number of hydrogen-bond acceptors (Lipinski definition) is 4. The average molecular weight is 275 g/mol. The Morgan fingerprint density at radius 2 is 2.05 bits per heavy atom. The third kappa shape index (κ3) is 2.88. The van der Waals surface area contributed by atoms with Gasteiger partial charge in [-0.15, -0.1) is 0 Å². The average Bonchev–Trinajstić information content (AvgIpc) is 2.93. The molecule has 2 heterocycles. The Labute approximate surface area is 119 Å². The van der Waals surface area contributed by atoms with E-state index in [1.807, 2.05) is 6.07 Å². The van der Waals surface area contributed by atoms with Crippen LogP contribution in [0.3, 0.4) is 0 Å². The highest BCUT2D eigenvalue weighted by atomic mass is 16.5. The number of carbonyl (C=O) groups is 1. The first-order valence-corrected chi connectivity index (χ1v) is 7.30. The minimum Gasteiger partial charge on any atom is -0.490 e. The molecule has 0 atom stereocenters. The van der Waals surface area contributed by atoms with Crippen molar-refractivity contribution in [3.63, 3.8) is 0 Å². The summed E-state index contributed by atoms with van der Waals surface area (Å²) in [5, 5.41) is 2.85. The topological polar surface area (TPSA) is 67.6 Å². The summed E-state index contributed by atoms with van der Waals surface area (Å²) in [6.45, 7) is 3.97. The van der Waals surface area contributed by atoms with Gasteiger partial charge in [-0.25, -0.2) is 0 Å². The van der Waals surface area contributed by atoms with Crippen LogP contribution in [0.4, 0.5) is 11.4 Å². The Balaban J connectivity index is 1.62. The minimum absolute atomic E-state index is 0.0552. The van der Waals surface area contributed by atoms with E-state index in [1.165, 1.54) is 25.9 Å². The standard InChI is InChI=1S/C15H21N3O2/c16-12-10-13-11(3-4-15(19)17-13)9-14(12)20-8-7-18-5-1-2-6-18/h9-10H,1-8,16H2,(H,17,19). The van der Waals surface area contributed by atoms with Gasteiger partial charge in [-0.2, -0.15) is 0 Å². The van der Waals surface area contributed by atoms with Crippen molar-refractivity contribution in [2.45, 2.75) is 25.7 Å². The molecule has 0 aromatic heterocycles. The predicted octanol–water partition coefficient (Wildman–Crippen LogP) is 1.63. The largest absolute Gasteiger partial charge is 0.490 e. The van der Waals surface area contributed by atoms with E-state index >= 15 is 0 Å². The number of nitrogens with zero attached hydrogens (tertiary/aromatic N) is 1. The van der Waals surface area contributed by atoms with Crippen molar-refractivity contribution in [3.05, 3.63) is 17.7 Å².